The zero-order chi connectivity index (χ0) is 17.1. The number of aryl methyl sites for hydroxylation is 3. The van der Waals surface area contributed by atoms with Gasteiger partial charge in [0.1, 0.15) is 5.01 Å². The highest BCUT2D eigenvalue weighted by Crippen LogP contribution is 2.24. The van der Waals surface area contributed by atoms with Crippen LogP contribution in [0.15, 0.2) is 23.8 Å². The smallest absolute Gasteiger partial charge is 0.223 e. The van der Waals surface area contributed by atoms with Gasteiger partial charge in [-0.15, -0.1) is 11.3 Å². The molecule has 0 radical (unpaired) electrons. The van der Waals surface area contributed by atoms with Gasteiger partial charge in [0.15, 0.2) is 0 Å². The van der Waals surface area contributed by atoms with E-state index in [-0.39, 0.29) is 6.04 Å². The zero-order valence-corrected chi connectivity index (χ0v) is 15.3. The standard InChI is InChI=1S/C17H22N6S/c1-5-8-23-9-14(12(3)22-23)15-6-7-18-17(21-15)20-13(4)16-19-11(2)10-24-16/h6-7,9-10,13H,5,8H2,1-4H3,(H,18,20,21)/t13-/m1/s1. The highest BCUT2D eigenvalue weighted by molar-refractivity contribution is 7.09. The summed E-state index contributed by atoms with van der Waals surface area (Å²) in [6, 6.07) is 1.99. The molecule has 6 nitrogen and oxygen atoms in total. The van der Waals surface area contributed by atoms with Crippen LogP contribution in [0.3, 0.4) is 0 Å². The summed E-state index contributed by atoms with van der Waals surface area (Å²) in [4.78, 5) is 13.5. The van der Waals surface area contributed by atoms with E-state index < -0.39 is 0 Å². The van der Waals surface area contributed by atoms with E-state index in [1.807, 2.05) is 24.6 Å². The van der Waals surface area contributed by atoms with Crippen molar-refractivity contribution in [3.63, 3.8) is 0 Å². The molecule has 0 fully saturated rings. The maximum Gasteiger partial charge on any atom is 0.223 e. The van der Waals surface area contributed by atoms with E-state index in [2.05, 4.69) is 50.8 Å². The van der Waals surface area contributed by atoms with Crippen molar-refractivity contribution in [3.05, 3.63) is 40.2 Å². The molecule has 3 aromatic rings. The van der Waals surface area contributed by atoms with Gasteiger partial charge in [0.25, 0.3) is 0 Å². The Hall–Kier alpha value is -2.28. The fourth-order valence-electron chi connectivity index (χ4n) is 2.52. The second-order valence-electron chi connectivity index (χ2n) is 5.85. The number of nitrogens with one attached hydrogen (secondary N) is 1. The van der Waals surface area contributed by atoms with Crippen LogP contribution in [0.1, 0.15) is 42.7 Å². The first-order valence-corrected chi connectivity index (χ1v) is 9.00. The second kappa shape index (κ2) is 7.09. The molecule has 3 heterocycles. The van der Waals surface area contributed by atoms with Gasteiger partial charge in [0, 0.05) is 35.6 Å². The van der Waals surface area contributed by atoms with Crippen molar-refractivity contribution in [2.24, 2.45) is 0 Å². The normalized spacial score (nSPS) is 12.3. The van der Waals surface area contributed by atoms with Gasteiger partial charge in [-0.05, 0) is 33.3 Å². The van der Waals surface area contributed by atoms with E-state index in [0.717, 1.165) is 40.6 Å². The monoisotopic (exact) mass is 342 g/mol. The largest absolute Gasteiger partial charge is 0.345 e. The lowest BCUT2D eigenvalue weighted by molar-refractivity contribution is 0.598. The number of aromatic nitrogens is 5. The Morgan fingerprint density at radius 2 is 2.12 bits per heavy atom. The minimum Gasteiger partial charge on any atom is -0.345 e. The van der Waals surface area contributed by atoms with Gasteiger partial charge in [-0.3, -0.25) is 4.68 Å². The number of hydrogen-bond donors (Lipinski definition) is 1. The van der Waals surface area contributed by atoms with Crippen LogP contribution in [0.25, 0.3) is 11.3 Å². The second-order valence-corrected chi connectivity index (χ2v) is 6.74. The van der Waals surface area contributed by atoms with Gasteiger partial charge in [-0.2, -0.15) is 5.10 Å². The van der Waals surface area contributed by atoms with Crippen molar-refractivity contribution in [1.82, 2.24) is 24.7 Å². The minimum absolute atomic E-state index is 0.0721. The molecule has 7 heteroatoms. The molecule has 0 bridgehead atoms. The molecule has 0 spiro atoms. The third-order valence-electron chi connectivity index (χ3n) is 3.68. The molecule has 0 saturated heterocycles. The topological polar surface area (TPSA) is 68.5 Å². The number of nitrogens with zero attached hydrogens (tertiary/aromatic N) is 5. The summed E-state index contributed by atoms with van der Waals surface area (Å²) < 4.78 is 1.97. The Labute approximate surface area is 146 Å². The first-order valence-electron chi connectivity index (χ1n) is 8.13. The summed E-state index contributed by atoms with van der Waals surface area (Å²) in [7, 11) is 0. The van der Waals surface area contributed by atoms with Crippen LogP contribution in [0.4, 0.5) is 5.95 Å². The molecule has 1 N–H and O–H groups in total. The van der Waals surface area contributed by atoms with Crippen molar-refractivity contribution >= 4 is 17.3 Å². The Morgan fingerprint density at radius 3 is 2.83 bits per heavy atom. The van der Waals surface area contributed by atoms with Crippen molar-refractivity contribution in [1.29, 1.82) is 0 Å². The number of anilines is 1. The number of rotatable bonds is 6. The summed E-state index contributed by atoms with van der Waals surface area (Å²) in [5.41, 5.74) is 3.95. The minimum atomic E-state index is 0.0721. The molecule has 0 aliphatic heterocycles. The highest BCUT2D eigenvalue weighted by atomic mass is 32.1. The molecule has 0 aliphatic carbocycles. The van der Waals surface area contributed by atoms with Crippen LogP contribution in [0, 0.1) is 13.8 Å². The molecule has 24 heavy (non-hydrogen) atoms. The average molecular weight is 342 g/mol. The quantitative estimate of drug-likeness (QED) is 0.733. The van der Waals surface area contributed by atoms with Crippen molar-refractivity contribution < 1.29 is 0 Å². The predicted molar refractivity (Wildman–Crippen MR) is 97.2 cm³/mol. The fraction of sp³-hybridized carbons (Fsp3) is 0.412. The van der Waals surface area contributed by atoms with E-state index in [9.17, 15) is 0 Å². The van der Waals surface area contributed by atoms with E-state index in [0.29, 0.717) is 5.95 Å². The van der Waals surface area contributed by atoms with Gasteiger partial charge in [0.2, 0.25) is 5.95 Å². The Kier molecular flexibility index (Phi) is 4.89. The molecule has 0 unspecified atom stereocenters. The van der Waals surface area contributed by atoms with Crippen LogP contribution in [-0.2, 0) is 6.54 Å². The van der Waals surface area contributed by atoms with Crippen LogP contribution in [-0.4, -0.2) is 24.7 Å². The van der Waals surface area contributed by atoms with Gasteiger partial charge >= 0.3 is 0 Å². The third-order valence-corrected chi connectivity index (χ3v) is 4.83. The number of hydrogen-bond acceptors (Lipinski definition) is 6. The Balaban J connectivity index is 1.81. The molecule has 0 amide bonds. The third kappa shape index (κ3) is 3.62. The van der Waals surface area contributed by atoms with Crippen molar-refractivity contribution in [2.75, 3.05) is 5.32 Å². The van der Waals surface area contributed by atoms with E-state index in [1.54, 1.807) is 17.5 Å². The Morgan fingerprint density at radius 1 is 1.29 bits per heavy atom. The van der Waals surface area contributed by atoms with Crippen LogP contribution < -0.4 is 5.32 Å². The highest BCUT2D eigenvalue weighted by Gasteiger charge is 2.13. The summed E-state index contributed by atoms with van der Waals surface area (Å²) in [6.07, 6.45) is 4.89. The molecule has 126 valence electrons. The van der Waals surface area contributed by atoms with Crippen molar-refractivity contribution in [2.45, 2.75) is 46.7 Å². The maximum atomic E-state index is 4.65. The lowest BCUT2D eigenvalue weighted by Gasteiger charge is -2.11. The van der Waals surface area contributed by atoms with Crippen LogP contribution in [0.5, 0.6) is 0 Å². The van der Waals surface area contributed by atoms with Gasteiger partial charge in [-0.25, -0.2) is 15.0 Å². The van der Waals surface area contributed by atoms with E-state index in [1.165, 1.54) is 0 Å². The molecule has 3 aromatic heterocycles. The SMILES string of the molecule is CCCn1cc(-c2ccnc(N[C@H](C)c3nc(C)cs3)n2)c(C)n1. The molecule has 0 aromatic carbocycles. The van der Waals surface area contributed by atoms with Gasteiger partial charge < -0.3 is 5.32 Å². The first kappa shape index (κ1) is 16.6. The van der Waals surface area contributed by atoms with E-state index in [4.69, 9.17) is 0 Å². The molecule has 0 aliphatic rings. The van der Waals surface area contributed by atoms with Crippen LogP contribution >= 0.6 is 11.3 Å². The van der Waals surface area contributed by atoms with Gasteiger partial charge in [-0.1, -0.05) is 6.92 Å². The lowest BCUT2D eigenvalue weighted by atomic mass is 10.2. The van der Waals surface area contributed by atoms with Crippen molar-refractivity contribution in [3.8, 4) is 11.3 Å². The summed E-state index contributed by atoms with van der Waals surface area (Å²) in [5, 5.41) is 11.0. The molecular formula is C17H22N6S. The first-order chi connectivity index (χ1) is 11.6. The summed E-state index contributed by atoms with van der Waals surface area (Å²) in [5.74, 6) is 0.607. The lowest BCUT2D eigenvalue weighted by Crippen LogP contribution is -2.09. The van der Waals surface area contributed by atoms with Crippen LogP contribution in [0.2, 0.25) is 0 Å². The molecule has 1 atom stereocenters. The maximum absolute atomic E-state index is 4.65. The summed E-state index contributed by atoms with van der Waals surface area (Å²) in [6.45, 7) is 9.14. The Bertz CT molecular complexity index is 822. The predicted octanol–water partition coefficient (Wildman–Crippen LogP) is 4.00. The molecular weight excluding hydrogens is 320 g/mol. The summed E-state index contributed by atoms with van der Waals surface area (Å²) >= 11 is 1.65. The molecule has 3 rings (SSSR count). The average Bonchev–Trinajstić information content (AvgIpc) is 3.14. The zero-order valence-electron chi connectivity index (χ0n) is 14.4. The molecule has 0 saturated carbocycles. The number of thiazole rings is 1. The van der Waals surface area contributed by atoms with E-state index >= 15 is 0 Å². The van der Waals surface area contributed by atoms with Gasteiger partial charge in [0.05, 0.1) is 17.4 Å². The fourth-order valence-corrected chi connectivity index (χ4v) is 3.32.